The smallest absolute Gasteiger partial charge is 0.182 e. The van der Waals surface area contributed by atoms with Crippen molar-refractivity contribution in [2.24, 2.45) is 5.73 Å². The number of fused-ring (bicyclic) bond motifs is 2. The Kier molecular flexibility index (Phi) is 6.12. The van der Waals surface area contributed by atoms with Crippen LogP contribution in [0.2, 0.25) is 25.7 Å². The van der Waals surface area contributed by atoms with Crippen LogP contribution in [0, 0.1) is 3.70 Å². The van der Waals surface area contributed by atoms with Crippen molar-refractivity contribution in [2.75, 3.05) is 24.6 Å². The highest BCUT2D eigenvalue weighted by Crippen LogP contribution is 2.47. The number of hydrogen-bond acceptors (Lipinski definition) is 7. The van der Waals surface area contributed by atoms with Gasteiger partial charge in [-0.2, -0.15) is 5.10 Å². The fraction of sp³-hybridized carbons (Fsp3) is 0.522. The summed E-state index contributed by atoms with van der Waals surface area (Å²) in [6.07, 6.45) is 3.54. The quantitative estimate of drug-likeness (QED) is 0.267. The molecular formula is C23H31IN6O2Si. The van der Waals surface area contributed by atoms with Gasteiger partial charge in [-0.25, -0.2) is 14.6 Å². The van der Waals surface area contributed by atoms with E-state index in [-0.39, 0.29) is 11.6 Å². The molecule has 4 heterocycles. The number of hydrogen-bond donors (Lipinski definition) is 1. The van der Waals surface area contributed by atoms with Crippen molar-refractivity contribution >= 4 is 47.6 Å². The highest BCUT2D eigenvalue weighted by molar-refractivity contribution is 14.1. The summed E-state index contributed by atoms with van der Waals surface area (Å²) in [5.74, 6) is 1.79. The Morgan fingerprint density at radius 3 is 2.73 bits per heavy atom. The maximum Gasteiger partial charge on any atom is 0.182 e. The van der Waals surface area contributed by atoms with E-state index in [1.165, 1.54) is 0 Å². The van der Waals surface area contributed by atoms with Crippen molar-refractivity contribution in [3.8, 4) is 5.75 Å². The Morgan fingerprint density at radius 2 is 2.00 bits per heavy atom. The third-order valence-corrected chi connectivity index (χ3v) is 9.10. The topological polar surface area (TPSA) is 91.3 Å². The fourth-order valence-corrected chi connectivity index (χ4v) is 5.99. The van der Waals surface area contributed by atoms with E-state index in [2.05, 4.69) is 63.3 Å². The van der Waals surface area contributed by atoms with Crippen LogP contribution in [-0.4, -0.2) is 53.1 Å². The zero-order valence-corrected chi connectivity index (χ0v) is 22.6. The van der Waals surface area contributed by atoms with E-state index in [9.17, 15) is 0 Å². The van der Waals surface area contributed by atoms with Crippen LogP contribution in [0.5, 0.6) is 5.75 Å². The standard InChI is InChI=1S/C23H31IN6O2Si/c1-33(2,3)13-12-31-15-30-22-19(21(24)28-30)26-14-18(27-22)29-10-8-23(9-11-29)20(25)16-6-4-5-7-17(16)32-23/h4-7,14,20H,8-13,15,25H2,1-3H3/t20-/m1/s1. The summed E-state index contributed by atoms with van der Waals surface area (Å²) in [5, 5.41) is 4.61. The van der Waals surface area contributed by atoms with Gasteiger partial charge in [0.05, 0.1) is 12.2 Å². The SMILES string of the molecule is C[Si](C)(C)CCOCn1nc(I)c2ncc(N3CCC4(CC3)Oc3ccccc3[C@H]4N)nc21. The first-order valence-electron chi connectivity index (χ1n) is 11.5. The first kappa shape index (κ1) is 23.0. The molecule has 2 aliphatic heterocycles. The Morgan fingerprint density at radius 1 is 1.24 bits per heavy atom. The molecule has 3 aromatic rings. The van der Waals surface area contributed by atoms with Crippen LogP contribution in [-0.2, 0) is 11.5 Å². The average molecular weight is 579 g/mol. The highest BCUT2D eigenvalue weighted by Gasteiger charge is 2.48. The third-order valence-electron chi connectivity index (χ3n) is 6.67. The summed E-state index contributed by atoms with van der Waals surface area (Å²) < 4.78 is 15.0. The lowest BCUT2D eigenvalue weighted by Crippen LogP contribution is -2.51. The van der Waals surface area contributed by atoms with Crippen LogP contribution < -0.4 is 15.4 Å². The van der Waals surface area contributed by atoms with Crippen LogP contribution in [0.25, 0.3) is 11.2 Å². The molecule has 5 rings (SSSR count). The second-order valence-corrected chi connectivity index (χ2v) is 16.9. The molecule has 1 fully saturated rings. The van der Waals surface area contributed by atoms with Crippen LogP contribution >= 0.6 is 22.6 Å². The molecule has 0 radical (unpaired) electrons. The summed E-state index contributed by atoms with van der Waals surface area (Å²) in [7, 11) is -1.12. The van der Waals surface area contributed by atoms with Gasteiger partial charge in [0.2, 0.25) is 0 Å². The largest absolute Gasteiger partial charge is 0.485 e. The zero-order chi connectivity index (χ0) is 23.2. The van der Waals surface area contributed by atoms with Gasteiger partial charge in [-0.3, -0.25) is 0 Å². The van der Waals surface area contributed by atoms with Crippen molar-refractivity contribution in [3.63, 3.8) is 0 Å². The molecule has 10 heteroatoms. The van der Waals surface area contributed by atoms with E-state index < -0.39 is 8.07 Å². The molecule has 0 bridgehead atoms. The predicted molar refractivity (Wildman–Crippen MR) is 140 cm³/mol. The molecule has 8 nitrogen and oxygen atoms in total. The molecule has 1 aromatic carbocycles. The molecule has 2 N–H and O–H groups in total. The van der Waals surface area contributed by atoms with Gasteiger partial charge in [0, 0.05) is 46.2 Å². The lowest BCUT2D eigenvalue weighted by Gasteiger charge is -2.41. The number of anilines is 1. The minimum atomic E-state index is -1.12. The van der Waals surface area contributed by atoms with Crippen LogP contribution in [0.4, 0.5) is 5.82 Å². The van der Waals surface area contributed by atoms with Crippen molar-refractivity contribution in [3.05, 3.63) is 39.7 Å². The molecular weight excluding hydrogens is 547 g/mol. The lowest BCUT2D eigenvalue weighted by atomic mass is 9.83. The summed E-state index contributed by atoms with van der Waals surface area (Å²) in [6.45, 7) is 9.84. The molecule has 1 saturated heterocycles. The number of aromatic nitrogens is 4. The molecule has 1 spiro atoms. The van der Waals surface area contributed by atoms with E-state index in [0.29, 0.717) is 6.73 Å². The second kappa shape index (κ2) is 8.79. The van der Waals surface area contributed by atoms with Crippen molar-refractivity contribution in [2.45, 2.75) is 56.9 Å². The van der Waals surface area contributed by atoms with Gasteiger partial charge in [-0.1, -0.05) is 37.8 Å². The summed E-state index contributed by atoms with van der Waals surface area (Å²) in [5.41, 5.74) is 8.99. The van der Waals surface area contributed by atoms with E-state index in [1.807, 2.05) is 29.1 Å². The Labute approximate surface area is 209 Å². The second-order valence-electron chi connectivity index (χ2n) is 10.2. The van der Waals surface area contributed by atoms with Crippen LogP contribution in [0.3, 0.4) is 0 Å². The molecule has 1 atom stereocenters. The first-order valence-corrected chi connectivity index (χ1v) is 16.3. The van der Waals surface area contributed by atoms with Crippen molar-refractivity contribution in [1.82, 2.24) is 19.7 Å². The van der Waals surface area contributed by atoms with Crippen molar-refractivity contribution < 1.29 is 9.47 Å². The number of nitrogens with zero attached hydrogens (tertiary/aromatic N) is 5. The number of rotatable bonds is 6. The van der Waals surface area contributed by atoms with Gasteiger partial charge in [-0.15, -0.1) is 0 Å². The maximum absolute atomic E-state index is 6.63. The molecule has 0 saturated carbocycles. The summed E-state index contributed by atoms with van der Waals surface area (Å²) in [6, 6.07) is 9.16. The Balaban J connectivity index is 1.29. The molecule has 33 heavy (non-hydrogen) atoms. The number of halogens is 1. The van der Waals surface area contributed by atoms with Gasteiger partial charge in [0.1, 0.15) is 29.4 Å². The van der Waals surface area contributed by atoms with E-state index in [4.69, 9.17) is 20.2 Å². The third kappa shape index (κ3) is 4.49. The number of ether oxygens (including phenoxy) is 2. The van der Waals surface area contributed by atoms with Gasteiger partial charge in [-0.05, 0) is 34.7 Å². The van der Waals surface area contributed by atoms with E-state index in [0.717, 1.165) is 70.6 Å². The average Bonchev–Trinajstić information content (AvgIpc) is 3.25. The minimum absolute atomic E-state index is 0.0965. The van der Waals surface area contributed by atoms with E-state index >= 15 is 0 Å². The van der Waals surface area contributed by atoms with Gasteiger partial charge in [0.15, 0.2) is 9.35 Å². The lowest BCUT2D eigenvalue weighted by molar-refractivity contribution is 0.0431. The first-order chi connectivity index (χ1) is 15.8. The van der Waals surface area contributed by atoms with Gasteiger partial charge >= 0.3 is 0 Å². The van der Waals surface area contributed by atoms with Crippen LogP contribution in [0.15, 0.2) is 30.5 Å². The summed E-state index contributed by atoms with van der Waals surface area (Å²) in [4.78, 5) is 11.9. The number of piperidine rings is 1. The molecule has 2 aliphatic rings. The number of nitrogens with two attached hydrogens (primary N) is 1. The molecule has 0 aliphatic carbocycles. The van der Waals surface area contributed by atoms with Gasteiger partial charge in [0.25, 0.3) is 0 Å². The predicted octanol–water partition coefficient (Wildman–Crippen LogP) is 4.17. The van der Waals surface area contributed by atoms with Crippen molar-refractivity contribution in [1.29, 1.82) is 0 Å². The molecule has 2 aromatic heterocycles. The maximum atomic E-state index is 6.63. The Bertz CT molecular complexity index is 1160. The monoisotopic (exact) mass is 578 g/mol. The molecule has 0 amide bonds. The number of benzene rings is 1. The summed E-state index contributed by atoms with van der Waals surface area (Å²) >= 11 is 2.22. The molecule has 176 valence electrons. The molecule has 0 unspecified atom stereocenters. The fourth-order valence-electron chi connectivity index (χ4n) is 4.59. The van der Waals surface area contributed by atoms with E-state index in [1.54, 1.807) is 0 Å². The highest BCUT2D eigenvalue weighted by atomic mass is 127. The zero-order valence-electron chi connectivity index (χ0n) is 19.4. The van der Waals surface area contributed by atoms with Gasteiger partial charge < -0.3 is 20.1 Å². The van der Waals surface area contributed by atoms with Crippen LogP contribution in [0.1, 0.15) is 24.4 Å². The number of para-hydroxylation sites is 1. The Hall–Kier alpha value is -1.76. The normalized spacial score (nSPS) is 19.8. The minimum Gasteiger partial charge on any atom is -0.485 e.